The highest BCUT2D eigenvalue weighted by Crippen LogP contribution is 2.50. The maximum Gasteiger partial charge on any atom is 0.341 e. The molecular weight excluding hydrogens is 224 g/mol. The SMILES string of the molecule is COC(=O)c1c(N)sc2c1C1CCN2CC1. The van der Waals surface area contributed by atoms with Gasteiger partial charge in [0.2, 0.25) is 0 Å². The summed E-state index contributed by atoms with van der Waals surface area (Å²) in [4.78, 5) is 14.1. The Bertz CT molecular complexity index is 447. The largest absolute Gasteiger partial charge is 0.465 e. The third-order valence-electron chi connectivity index (χ3n) is 3.53. The van der Waals surface area contributed by atoms with E-state index < -0.39 is 0 Å². The molecule has 2 N–H and O–H groups in total. The zero-order valence-corrected chi connectivity index (χ0v) is 9.97. The van der Waals surface area contributed by atoms with Crippen molar-refractivity contribution in [1.82, 2.24) is 0 Å². The van der Waals surface area contributed by atoms with Crippen LogP contribution in [0.15, 0.2) is 0 Å². The average molecular weight is 238 g/mol. The van der Waals surface area contributed by atoms with Crippen LogP contribution in [0.4, 0.5) is 10.0 Å². The van der Waals surface area contributed by atoms with Crippen molar-refractivity contribution < 1.29 is 9.53 Å². The predicted molar refractivity (Wildman–Crippen MR) is 64.3 cm³/mol. The molecule has 0 radical (unpaired) electrons. The molecule has 1 aromatic heterocycles. The number of thiophene rings is 1. The van der Waals surface area contributed by atoms with Crippen molar-refractivity contribution in [1.29, 1.82) is 0 Å². The molecule has 0 aromatic carbocycles. The van der Waals surface area contributed by atoms with E-state index >= 15 is 0 Å². The molecule has 4 nitrogen and oxygen atoms in total. The molecule has 16 heavy (non-hydrogen) atoms. The van der Waals surface area contributed by atoms with Crippen molar-refractivity contribution in [2.75, 3.05) is 30.8 Å². The Morgan fingerprint density at radius 2 is 2.19 bits per heavy atom. The predicted octanol–water partition coefficient (Wildman–Crippen LogP) is 1.81. The van der Waals surface area contributed by atoms with Crippen molar-refractivity contribution >= 4 is 27.3 Å². The van der Waals surface area contributed by atoms with E-state index in [2.05, 4.69) is 4.90 Å². The summed E-state index contributed by atoms with van der Waals surface area (Å²) in [5.41, 5.74) is 7.71. The van der Waals surface area contributed by atoms with Gasteiger partial charge in [-0.3, -0.25) is 0 Å². The van der Waals surface area contributed by atoms with Gasteiger partial charge in [-0.15, -0.1) is 11.3 Å². The Kier molecular flexibility index (Phi) is 2.10. The van der Waals surface area contributed by atoms with E-state index in [0.29, 0.717) is 16.5 Å². The van der Waals surface area contributed by atoms with Crippen LogP contribution >= 0.6 is 11.3 Å². The van der Waals surface area contributed by atoms with Gasteiger partial charge in [-0.1, -0.05) is 0 Å². The smallest absolute Gasteiger partial charge is 0.341 e. The summed E-state index contributed by atoms with van der Waals surface area (Å²) >= 11 is 1.53. The summed E-state index contributed by atoms with van der Waals surface area (Å²) in [5, 5.41) is 1.80. The van der Waals surface area contributed by atoms with Crippen LogP contribution < -0.4 is 10.6 Å². The highest BCUT2D eigenvalue weighted by molar-refractivity contribution is 7.20. The topological polar surface area (TPSA) is 55.6 Å². The third-order valence-corrected chi connectivity index (χ3v) is 4.63. The second-order valence-corrected chi connectivity index (χ2v) is 5.34. The fraction of sp³-hybridized carbons (Fsp3) is 0.545. The van der Waals surface area contributed by atoms with Gasteiger partial charge in [-0.2, -0.15) is 0 Å². The number of hydrogen-bond acceptors (Lipinski definition) is 5. The summed E-state index contributed by atoms with van der Waals surface area (Å²) in [7, 11) is 1.41. The monoisotopic (exact) mass is 238 g/mol. The first kappa shape index (κ1) is 9.96. The van der Waals surface area contributed by atoms with Gasteiger partial charge >= 0.3 is 5.97 Å². The van der Waals surface area contributed by atoms with Gasteiger partial charge in [0.05, 0.1) is 17.7 Å². The number of esters is 1. The fourth-order valence-corrected chi connectivity index (χ4v) is 3.94. The first-order valence-corrected chi connectivity index (χ1v) is 6.29. The summed E-state index contributed by atoms with van der Waals surface area (Å²) < 4.78 is 4.82. The van der Waals surface area contributed by atoms with Gasteiger partial charge in [0.1, 0.15) is 5.00 Å². The lowest BCUT2D eigenvalue weighted by atomic mass is 9.84. The lowest BCUT2D eigenvalue weighted by Crippen LogP contribution is -2.38. The van der Waals surface area contributed by atoms with Crippen molar-refractivity contribution in [3.8, 4) is 0 Å². The van der Waals surface area contributed by atoms with Crippen LogP contribution in [0.3, 0.4) is 0 Å². The molecule has 0 amide bonds. The van der Waals surface area contributed by atoms with Gasteiger partial charge < -0.3 is 15.4 Å². The zero-order valence-electron chi connectivity index (χ0n) is 9.16. The molecule has 0 atom stereocenters. The van der Waals surface area contributed by atoms with Gasteiger partial charge in [-0.25, -0.2) is 4.79 Å². The number of methoxy groups -OCH3 is 1. The molecular formula is C11H14N2O2S. The molecule has 1 saturated heterocycles. The molecule has 0 aliphatic carbocycles. The molecule has 4 rings (SSSR count). The Morgan fingerprint density at radius 3 is 2.81 bits per heavy atom. The van der Waals surface area contributed by atoms with Crippen LogP contribution in [-0.4, -0.2) is 26.2 Å². The van der Waals surface area contributed by atoms with Crippen LogP contribution in [0, 0.1) is 0 Å². The number of anilines is 2. The van der Waals surface area contributed by atoms with E-state index in [1.807, 2.05) is 0 Å². The van der Waals surface area contributed by atoms with Crippen LogP contribution in [0.2, 0.25) is 0 Å². The highest BCUT2D eigenvalue weighted by atomic mass is 32.1. The number of carbonyl (C=O) groups is 1. The number of rotatable bonds is 1. The third kappa shape index (κ3) is 1.18. The van der Waals surface area contributed by atoms with E-state index in [9.17, 15) is 4.79 Å². The lowest BCUT2D eigenvalue weighted by molar-refractivity contribution is 0.0600. The molecule has 0 unspecified atom stereocenters. The number of ether oxygens (including phenoxy) is 1. The van der Waals surface area contributed by atoms with Gasteiger partial charge in [0.25, 0.3) is 0 Å². The average Bonchev–Trinajstić information content (AvgIpc) is 2.68. The summed E-state index contributed by atoms with van der Waals surface area (Å²) in [6, 6.07) is 0. The molecule has 0 spiro atoms. The number of fused-ring (bicyclic) bond motifs is 2. The Hall–Kier alpha value is -1.23. The Morgan fingerprint density at radius 1 is 1.50 bits per heavy atom. The number of nitrogen functional groups attached to an aromatic ring is 1. The minimum Gasteiger partial charge on any atom is -0.465 e. The van der Waals surface area contributed by atoms with Gasteiger partial charge in [0.15, 0.2) is 0 Å². The summed E-state index contributed by atoms with van der Waals surface area (Å²) in [6.07, 6.45) is 2.26. The van der Waals surface area contributed by atoms with Crippen molar-refractivity contribution in [3.05, 3.63) is 11.1 Å². The molecule has 0 saturated carbocycles. The Labute approximate surface area is 98.0 Å². The van der Waals surface area contributed by atoms with E-state index in [0.717, 1.165) is 31.5 Å². The highest BCUT2D eigenvalue weighted by Gasteiger charge is 2.37. The second kappa shape index (κ2) is 3.38. The molecule has 4 heterocycles. The zero-order chi connectivity index (χ0) is 11.3. The van der Waals surface area contributed by atoms with Gasteiger partial charge in [-0.05, 0) is 18.8 Å². The molecule has 86 valence electrons. The molecule has 3 aliphatic heterocycles. The van der Waals surface area contributed by atoms with Crippen LogP contribution in [0.25, 0.3) is 0 Å². The molecule has 5 heteroatoms. The van der Waals surface area contributed by atoms with E-state index in [-0.39, 0.29) is 5.97 Å². The van der Waals surface area contributed by atoms with Crippen molar-refractivity contribution in [2.45, 2.75) is 18.8 Å². The maximum atomic E-state index is 11.7. The first-order valence-electron chi connectivity index (χ1n) is 5.47. The van der Waals surface area contributed by atoms with E-state index in [1.165, 1.54) is 23.4 Å². The first-order chi connectivity index (χ1) is 7.72. The number of nitrogens with zero attached hydrogens (tertiary/aromatic N) is 1. The standard InChI is InChI=1S/C11H14N2O2S/c1-15-11(14)8-7-6-2-4-13(5-3-6)10(7)16-9(8)12/h6H,2-5,12H2,1H3. The molecule has 3 aliphatic rings. The Balaban J connectivity index is 2.17. The van der Waals surface area contributed by atoms with Gasteiger partial charge in [0, 0.05) is 18.7 Å². The molecule has 1 fully saturated rings. The molecule has 2 bridgehead atoms. The van der Waals surface area contributed by atoms with E-state index in [4.69, 9.17) is 10.5 Å². The normalized spacial score (nSPS) is 18.7. The lowest BCUT2D eigenvalue weighted by Gasteiger charge is -2.40. The minimum atomic E-state index is -0.288. The van der Waals surface area contributed by atoms with E-state index in [1.54, 1.807) is 0 Å². The number of hydrogen-bond donors (Lipinski definition) is 1. The second-order valence-electron chi connectivity index (χ2n) is 4.31. The summed E-state index contributed by atoms with van der Waals surface area (Å²) in [6.45, 7) is 2.19. The number of nitrogens with two attached hydrogens (primary N) is 1. The van der Waals surface area contributed by atoms with Crippen LogP contribution in [0.1, 0.15) is 34.7 Å². The molecule has 1 aromatic rings. The fourth-order valence-electron chi connectivity index (χ4n) is 2.75. The number of carbonyl (C=O) groups excluding carboxylic acids is 1. The summed E-state index contributed by atoms with van der Waals surface area (Å²) in [5.74, 6) is 0.214. The van der Waals surface area contributed by atoms with Crippen molar-refractivity contribution in [3.63, 3.8) is 0 Å². The maximum absolute atomic E-state index is 11.7. The van der Waals surface area contributed by atoms with Crippen molar-refractivity contribution in [2.24, 2.45) is 0 Å². The quantitative estimate of drug-likeness (QED) is 0.758. The van der Waals surface area contributed by atoms with Crippen LogP contribution in [-0.2, 0) is 4.74 Å². The number of piperidine rings is 1. The van der Waals surface area contributed by atoms with Crippen LogP contribution in [0.5, 0.6) is 0 Å². The minimum absolute atomic E-state index is 0.288.